The first-order valence-corrected chi connectivity index (χ1v) is 10.6. The molecule has 0 aliphatic carbocycles. The van der Waals surface area contributed by atoms with Gasteiger partial charge in [0.15, 0.2) is 0 Å². The molecular weight excluding hydrogens is 388 g/mol. The summed E-state index contributed by atoms with van der Waals surface area (Å²) in [6, 6.07) is 16.9. The number of carbonyl (C=O) groups excluding carboxylic acids is 2. The molecule has 6 heteroatoms. The van der Waals surface area contributed by atoms with Gasteiger partial charge in [-0.15, -0.1) is 0 Å². The molecule has 3 amide bonds. The number of likely N-dealkylation sites (N-methyl/N-ethyl adjacent to an activating group) is 1. The third-order valence-corrected chi connectivity index (χ3v) is 5.08. The highest BCUT2D eigenvalue weighted by Crippen LogP contribution is 2.28. The third kappa shape index (κ3) is 5.51. The second kappa shape index (κ2) is 8.53. The fourth-order valence-electron chi connectivity index (χ4n) is 4.28. The number of urea groups is 1. The summed E-state index contributed by atoms with van der Waals surface area (Å²) in [5, 5.41) is 5.79. The van der Waals surface area contributed by atoms with Crippen molar-refractivity contribution in [3.05, 3.63) is 65.7 Å². The molecule has 31 heavy (non-hydrogen) atoms. The SMILES string of the molecule is CN1C(=O)C(NC(=O)NC(C)(C)CC(C)(C)C)N=C(c2ccccc2)c2ccccc21. The van der Waals surface area contributed by atoms with E-state index in [1.165, 1.54) is 0 Å². The quantitative estimate of drug-likeness (QED) is 0.772. The van der Waals surface area contributed by atoms with Gasteiger partial charge in [-0.3, -0.25) is 4.79 Å². The molecule has 2 aromatic carbocycles. The highest BCUT2D eigenvalue weighted by atomic mass is 16.2. The van der Waals surface area contributed by atoms with Crippen molar-refractivity contribution in [2.24, 2.45) is 10.4 Å². The van der Waals surface area contributed by atoms with E-state index in [4.69, 9.17) is 4.99 Å². The first-order chi connectivity index (χ1) is 14.5. The largest absolute Gasteiger partial charge is 0.333 e. The number of aliphatic imine (C=N–C) groups is 1. The third-order valence-electron chi connectivity index (χ3n) is 5.08. The van der Waals surface area contributed by atoms with Crippen LogP contribution < -0.4 is 15.5 Å². The summed E-state index contributed by atoms with van der Waals surface area (Å²) in [7, 11) is 1.71. The van der Waals surface area contributed by atoms with Crippen LogP contribution in [0.2, 0.25) is 0 Å². The van der Waals surface area contributed by atoms with E-state index in [0.29, 0.717) is 5.71 Å². The number of benzodiazepines with no additional fused rings is 1. The van der Waals surface area contributed by atoms with Crippen LogP contribution in [0, 0.1) is 5.41 Å². The summed E-state index contributed by atoms with van der Waals surface area (Å²) in [5.74, 6) is -0.290. The molecule has 164 valence electrons. The van der Waals surface area contributed by atoms with Crippen molar-refractivity contribution >= 4 is 23.3 Å². The van der Waals surface area contributed by atoms with Crippen molar-refractivity contribution in [3.63, 3.8) is 0 Å². The van der Waals surface area contributed by atoms with Crippen LogP contribution in [0.25, 0.3) is 0 Å². The minimum absolute atomic E-state index is 0.0510. The van der Waals surface area contributed by atoms with E-state index in [9.17, 15) is 9.59 Å². The van der Waals surface area contributed by atoms with Gasteiger partial charge in [-0.05, 0) is 31.7 Å². The summed E-state index contributed by atoms with van der Waals surface area (Å²) < 4.78 is 0. The lowest BCUT2D eigenvalue weighted by Crippen LogP contribution is -2.55. The lowest BCUT2D eigenvalue weighted by atomic mass is 9.82. The minimum Gasteiger partial charge on any atom is -0.333 e. The van der Waals surface area contributed by atoms with Gasteiger partial charge in [0.05, 0.1) is 11.4 Å². The zero-order chi connectivity index (χ0) is 22.8. The summed E-state index contributed by atoms with van der Waals surface area (Å²) >= 11 is 0. The van der Waals surface area contributed by atoms with Crippen molar-refractivity contribution < 1.29 is 9.59 Å². The Bertz CT molecular complexity index is 990. The minimum atomic E-state index is -1.03. The van der Waals surface area contributed by atoms with Crippen molar-refractivity contribution in [2.75, 3.05) is 11.9 Å². The maximum absolute atomic E-state index is 13.2. The molecule has 6 nitrogen and oxygen atoms in total. The van der Waals surface area contributed by atoms with Gasteiger partial charge in [-0.25, -0.2) is 9.79 Å². The van der Waals surface area contributed by atoms with Crippen molar-refractivity contribution in [1.29, 1.82) is 0 Å². The Morgan fingerprint density at radius 1 is 1.00 bits per heavy atom. The molecule has 0 saturated heterocycles. The number of hydrogen-bond donors (Lipinski definition) is 2. The summed E-state index contributed by atoms with van der Waals surface area (Å²) in [4.78, 5) is 32.3. The number of rotatable bonds is 4. The van der Waals surface area contributed by atoms with Crippen LogP contribution in [-0.4, -0.2) is 36.4 Å². The molecular formula is C25H32N4O2. The first-order valence-electron chi connectivity index (χ1n) is 10.6. The maximum atomic E-state index is 13.2. The molecule has 1 aliphatic heterocycles. The van der Waals surface area contributed by atoms with Crippen LogP contribution in [0.5, 0.6) is 0 Å². The van der Waals surface area contributed by atoms with Gasteiger partial charge < -0.3 is 15.5 Å². The number of nitrogens with zero attached hydrogens (tertiary/aromatic N) is 2. The molecule has 1 unspecified atom stereocenters. The van der Waals surface area contributed by atoms with Crippen LogP contribution in [0.4, 0.5) is 10.5 Å². The number of para-hydroxylation sites is 1. The standard InChI is InChI=1S/C25H32N4O2/c1-24(2,3)16-25(4,5)28-23(31)27-21-22(30)29(6)19-15-11-10-14-18(19)20(26-21)17-12-8-7-9-13-17/h7-15,21H,16H2,1-6H3,(H2,27,28,31). The summed E-state index contributed by atoms with van der Waals surface area (Å²) in [5.41, 5.74) is 2.79. The molecule has 0 spiro atoms. The maximum Gasteiger partial charge on any atom is 0.317 e. The Balaban J connectivity index is 1.93. The van der Waals surface area contributed by atoms with Crippen LogP contribution in [0.15, 0.2) is 59.6 Å². The molecule has 0 radical (unpaired) electrons. The molecule has 0 fully saturated rings. The van der Waals surface area contributed by atoms with Crippen LogP contribution in [-0.2, 0) is 4.79 Å². The Kier molecular flexibility index (Phi) is 6.20. The first kappa shape index (κ1) is 22.5. The van der Waals surface area contributed by atoms with Crippen LogP contribution in [0.3, 0.4) is 0 Å². The normalized spacial score (nSPS) is 16.8. The Morgan fingerprint density at radius 3 is 2.26 bits per heavy atom. The highest BCUT2D eigenvalue weighted by molar-refractivity contribution is 6.20. The van der Waals surface area contributed by atoms with Crippen LogP contribution >= 0.6 is 0 Å². The molecule has 2 N–H and O–H groups in total. The zero-order valence-electron chi connectivity index (χ0n) is 19.2. The van der Waals surface area contributed by atoms with Crippen molar-refractivity contribution in [2.45, 2.75) is 52.7 Å². The number of carbonyl (C=O) groups is 2. The summed E-state index contributed by atoms with van der Waals surface area (Å²) in [6.45, 7) is 10.4. The Hall–Kier alpha value is -3.15. The van der Waals surface area contributed by atoms with Gasteiger partial charge in [0.1, 0.15) is 0 Å². The second-order valence-corrected chi connectivity index (χ2v) is 9.88. The zero-order valence-corrected chi connectivity index (χ0v) is 19.2. The smallest absolute Gasteiger partial charge is 0.317 e. The van der Waals surface area contributed by atoms with Gasteiger partial charge in [0.25, 0.3) is 5.91 Å². The van der Waals surface area contributed by atoms with E-state index in [1.54, 1.807) is 11.9 Å². The lowest BCUT2D eigenvalue weighted by molar-refractivity contribution is -0.119. The number of anilines is 1. The van der Waals surface area contributed by atoms with Crippen molar-refractivity contribution in [3.8, 4) is 0 Å². The van der Waals surface area contributed by atoms with E-state index in [0.717, 1.165) is 23.2 Å². The average molecular weight is 421 g/mol. The van der Waals surface area contributed by atoms with E-state index in [2.05, 4.69) is 31.4 Å². The molecule has 0 saturated carbocycles. The molecule has 0 bridgehead atoms. The molecule has 1 aliphatic rings. The number of hydrogen-bond acceptors (Lipinski definition) is 3. The van der Waals surface area contributed by atoms with Gasteiger partial charge >= 0.3 is 6.03 Å². The average Bonchev–Trinajstić information content (AvgIpc) is 2.77. The Labute approximate surface area is 184 Å². The van der Waals surface area contributed by atoms with Gasteiger partial charge in [-0.1, -0.05) is 69.3 Å². The van der Waals surface area contributed by atoms with Crippen LogP contribution in [0.1, 0.15) is 52.2 Å². The van der Waals surface area contributed by atoms with Gasteiger partial charge in [0.2, 0.25) is 6.17 Å². The molecule has 1 heterocycles. The van der Waals surface area contributed by atoms with E-state index in [-0.39, 0.29) is 11.3 Å². The fraction of sp³-hybridized carbons (Fsp3) is 0.400. The number of fused-ring (bicyclic) bond motifs is 1. The lowest BCUT2D eigenvalue weighted by Gasteiger charge is -2.33. The predicted molar refractivity (Wildman–Crippen MR) is 126 cm³/mol. The molecule has 1 atom stereocenters. The fourth-order valence-corrected chi connectivity index (χ4v) is 4.28. The van der Waals surface area contributed by atoms with E-state index < -0.39 is 17.7 Å². The van der Waals surface area contributed by atoms with E-state index >= 15 is 0 Å². The van der Waals surface area contributed by atoms with Gasteiger partial charge in [0, 0.05) is 23.7 Å². The molecule has 0 aromatic heterocycles. The topological polar surface area (TPSA) is 73.8 Å². The van der Waals surface area contributed by atoms with Gasteiger partial charge in [-0.2, -0.15) is 0 Å². The summed E-state index contributed by atoms with van der Waals surface area (Å²) in [6.07, 6.45) is -0.242. The number of benzene rings is 2. The number of nitrogens with one attached hydrogen (secondary N) is 2. The number of amides is 3. The second-order valence-electron chi connectivity index (χ2n) is 9.88. The Morgan fingerprint density at radius 2 is 1.61 bits per heavy atom. The molecule has 2 aromatic rings. The molecule has 3 rings (SSSR count). The van der Waals surface area contributed by atoms with E-state index in [1.807, 2.05) is 68.4 Å². The van der Waals surface area contributed by atoms with Crippen molar-refractivity contribution in [1.82, 2.24) is 10.6 Å². The predicted octanol–water partition coefficient (Wildman–Crippen LogP) is 4.34. The monoisotopic (exact) mass is 420 g/mol. The highest BCUT2D eigenvalue weighted by Gasteiger charge is 2.33.